The highest BCUT2D eigenvalue weighted by Crippen LogP contribution is 2.28. The Kier molecular flexibility index (Phi) is 2.04. The van der Waals surface area contributed by atoms with E-state index in [0.717, 1.165) is 17.7 Å². The average Bonchev–Trinajstić information content (AvgIpc) is 2.16. The van der Waals surface area contributed by atoms with Crippen LogP contribution in [0.4, 0.5) is 5.69 Å². The number of carboxylic acids is 1. The van der Waals surface area contributed by atoms with Crippen molar-refractivity contribution >= 4 is 11.7 Å². The van der Waals surface area contributed by atoms with Gasteiger partial charge in [-0.1, -0.05) is 6.07 Å². The van der Waals surface area contributed by atoms with Crippen LogP contribution in [-0.2, 0) is 11.2 Å². The van der Waals surface area contributed by atoms with Crippen molar-refractivity contribution in [2.45, 2.75) is 18.9 Å². The number of benzene rings is 1. The van der Waals surface area contributed by atoms with Gasteiger partial charge in [0.05, 0.1) is 0 Å². The number of phenolic OH excluding ortho intramolecular Hbond substituents is 1. The van der Waals surface area contributed by atoms with Gasteiger partial charge in [0, 0.05) is 11.8 Å². The lowest BCUT2D eigenvalue weighted by molar-refractivity contribution is -0.138. The number of nitrogens with one attached hydrogen (secondary N) is 1. The first-order valence-corrected chi connectivity index (χ1v) is 4.48. The number of fused-ring (bicyclic) bond motifs is 1. The largest absolute Gasteiger partial charge is 0.508 e. The van der Waals surface area contributed by atoms with Gasteiger partial charge < -0.3 is 15.5 Å². The summed E-state index contributed by atoms with van der Waals surface area (Å²) in [5.74, 6) is -0.693. The minimum Gasteiger partial charge on any atom is -0.508 e. The summed E-state index contributed by atoms with van der Waals surface area (Å²) in [6.45, 7) is 0. The van der Waals surface area contributed by atoms with Crippen LogP contribution in [0.3, 0.4) is 0 Å². The first-order chi connectivity index (χ1) is 6.66. The zero-order chi connectivity index (χ0) is 10.1. The van der Waals surface area contributed by atoms with Gasteiger partial charge >= 0.3 is 5.97 Å². The number of aliphatic carboxylic acids is 1. The molecule has 14 heavy (non-hydrogen) atoms. The number of carbonyl (C=O) groups is 1. The lowest BCUT2D eigenvalue weighted by Crippen LogP contribution is -2.33. The molecule has 0 aromatic heterocycles. The van der Waals surface area contributed by atoms with E-state index in [4.69, 9.17) is 5.11 Å². The van der Waals surface area contributed by atoms with E-state index in [0.29, 0.717) is 6.42 Å². The minimum absolute atomic E-state index is 0.155. The molecule has 0 saturated carbocycles. The van der Waals surface area contributed by atoms with Gasteiger partial charge in [0.2, 0.25) is 0 Å². The molecule has 1 aromatic rings. The van der Waals surface area contributed by atoms with Crippen LogP contribution in [0.1, 0.15) is 12.0 Å². The van der Waals surface area contributed by atoms with E-state index < -0.39 is 12.0 Å². The summed E-state index contributed by atoms with van der Waals surface area (Å²) in [6.07, 6.45) is 1.33. The van der Waals surface area contributed by atoms with E-state index in [-0.39, 0.29) is 5.75 Å². The Balaban J connectivity index is 2.29. The molecule has 0 amide bonds. The zero-order valence-electron chi connectivity index (χ0n) is 7.53. The van der Waals surface area contributed by atoms with Gasteiger partial charge in [-0.3, -0.25) is 0 Å². The maximum absolute atomic E-state index is 10.7. The van der Waals surface area contributed by atoms with Gasteiger partial charge in [-0.2, -0.15) is 0 Å². The highest BCUT2D eigenvalue weighted by Gasteiger charge is 2.23. The summed E-state index contributed by atoms with van der Waals surface area (Å²) in [4.78, 5) is 10.7. The second kappa shape index (κ2) is 3.21. The Morgan fingerprint density at radius 1 is 1.50 bits per heavy atom. The number of anilines is 1. The lowest BCUT2D eigenvalue weighted by atomic mass is 9.98. The van der Waals surface area contributed by atoms with Crippen LogP contribution in [0.15, 0.2) is 18.2 Å². The first kappa shape index (κ1) is 8.87. The smallest absolute Gasteiger partial charge is 0.326 e. The van der Waals surface area contributed by atoms with Crippen molar-refractivity contribution in [2.24, 2.45) is 0 Å². The molecule has 0 saturated heterocycles. The zero-order valence-corrected chi connectivity index (χ0v) is 7.53. The molecule has 1 unspecified atom stereocenters. The second-order valence-corrected chi connectivity index (χ2v) is 3.42. The van der Waals surface area contributed by atoms with E-state index in [9.17, 15) is 9.90 Å². The Bertz CT molecular complexity index is 376. The molecule has 3 N–H and O–H groups in total. The lowest BCUT2D eigenvalue weighted by Gasteiger charge is -2.23. The molecule has 0 fully saturated rings. The summed E-state index contributed by atoms with van der Waals surface area (Å²) in [6, 6.07) is 4.45. The maximum atomic E-state index is 10.7. The number of aryl methyl sites for hydroxylation is 1. The van der Waals surface area contributed by atoms with E-state index in [1.54, 1.807) is 12.1 Å². The third-order valence-corrected chi connectivity index (χ3v) is 2.42. The van der Waals surface area contributed by atoms with Crippen molar-refractivity contribution in [2.75, 3.05) is 5.32 Å². The third-order valence-electron chi connectivity index (χ3n) is 2.42. The number of phenols is 1. The van der Waals surface area contributed by atoms with Gasteiger partial charge in [-0.15, -0.1) is 0 Å². The van der Waals surface area contributed by atoms with Gasteiger partial charge in [0.1, 0.15) is 11.8 Å². The maximum Gasteiger partial charge on any atom is 0.326 e. The summed E-state index contributed by atoms with van der Waals surface area (Å²) in [5.41, 5.74) is 1.78. The van der Waals surface area contributed by atoms with Crippen LogP contribution < -0.4 is 5.32 Å². The average molecular weight is 193 g/mol. The van der Waals surface area contributed by atoms with Crippen LogP contribution in [0.25, 0.3) is 0 Å². The molecular formula is C10H11NO3. The Morgan fingerprint density at radius 3 is 3.00 bits per heavy atom. The summed E-state index contributed by atoms with van der Waals surface area (Å²) < 4.78 is 0. The molecule has 0 aliphatic carbocycles. The molecule has 0 bridgehead atoms. The SMILES string of the molecule is O=C(O)C1CCc2ccc(O)cc2N1. The normalized spacial score (nSPS) is 19.6. The molecule has 4 nitrogen and oxygen atoms in total. The van der Waals surface area contributed by atoms with E-state index in [2.05, 4.69) is 5.32 Å². The Labute approximate surface area is 81.2 Å². The number of aromatic hydroxyl groups is 1. The van der Waals surface area contributed by atoms with E-state index in [1.807, 2.05) is 6.07 Å². The van der Waals surface area contributed by atoms with Crippen LogP contribution in [-0.4, -0.2) is 22.2 Å². The molecule has 2 rings (SSSR count). The van der Waals surface area contributed by atoms with E-state index in [1.165, 1.54) is 0 Å². The van der Waals surface area contributed by atoms with Crippen LogP contribution in [0.2, 0.25) is 0 Å². The van der Waals surface area contributed by atoms with E-state index >= 15 is 0 Å². The highest BCUT2D eigenvalue weighted by molar-refractivity contribution is 5.79. The fourth-order valence-corrected chi connectivity index (χ4v) is 1.66. The molecule has 1 aliphatic rings. The van der Waals surface area contributed by atoms with Crippen molar-refractivity contribution < 1.29 is 15.0 Å². The minimum atomic E-state index is -0.848. The Hall–Kier alpha value is -1.71. The molecule has 1 aromatic carbocycles. The molecule has 1 heterocycles. The summed E-state index contributed by atoms with van der Waals surface area (Å²) in [5, 5.41) is 20.9. The van der Waals surface area contributed by atoms with Gasteiger partial charge in [-0.25, -0.2) is 4.79 Å². The monoisotopic (exact) mass is 193 g/mol. The predicted octanol–water partition coefficient (Wildman–Crippen LogP) is 1.20. The highest BCUT2D eigenvalue weighted by atomic mass is 16.4. The fraction of sp³-hybridized carbons (Fsp3) is 0.300. The van der Waals surface area contributed by atoms with Crippen molar-refractivity contribution in [3.63, 3.8) is 0 Å². The van der Waals surface area contributed by atoms with Crippen molar-refractivity contribution in [3.8, 4) is 5.75 Å². The first-order valence-electron chi connectivity index (χ1n) is 4.48. The third kappa shape index (κ3) is 1.51. The topological polar surface area (TPSA) is 69.6 Å². The molecular weight excluding hydrogens is 182 g/mol. The summed E-state index contributed by atoms with van der Waals surface area (Å²) in [7, 11) is 0. The van der Waals surface area contributed by atoms with Gasteiger partial charge in [0.15, 0.2) is 0 Å². The summed E-state index contributed by atoms with van der Waals surface area (Å²) >= 11 is 0. The standard InChI is InChI=1S/C10H11NO3/c12-7-3-1-6-2-4-8(10(13)14)11-9(6)5-7/h1,3,5,8,11-12H,2,4H2,(H,13,14). The second-order valence-electron chi connectivity index (χ2n) is 3.42. The number of rotatable bonds is 1. The molecule has 1 atom stereocenters. The predicted molar refractivity (Wildman–Crippen MR) is 51.5 cm³/mol. The van der Waals surface area contributed by atoms with Gasteiger partial charge in [-0.05, 0) is 24.5 Å². The number of hydrogen-bond acceptors (Lipinski definition) is 3. The van der Waals surface area contributed by atoms with Crippen LogP contribution in [0, 0.1) is 0 Å². The van der Waals surface area contributed by atoms with Crippen LogP contribution in [0.5, 0.6) is 5.75 Å². The quantitative estimate of drug-likeness (QED) is 0.626. The van der Waals surface area contributed by atoms with Gasteiger partial charge in [0.25, 0.3) is 0 Å². The van der Waals surface area contributed by atoms with Crippen molar-refractivity contribution in [3.05, 3.63) is 23.8 Å². The fourth-order valence-electron chi connectivity index (χ4n) is 1.66. The molecule has 74 valence electrons. The Morgan fingerprint density at radius 2 is 2.29 bits per heavy atom. The van der Waals surface area contributed by atoms with Crippen molar-refractivity contribution in [1.29, 1.82) is 0 Å². The van der Waals surface area contributed by atoms with Crippen molar-refractivity contribution in [1.82, 2.24) is 0 Å². The number of hydrogen-bond donors (Lipinski definition) is 3. The number of carboxylic acid groups (broad SMARTS) is 1. The molecule has 1 aliphatic heterocycles. The molecule has 0 radical (unpaired) electrons. The molecule has 0 spiro atoms. The molecule has 4 heteroatoms. The van der Waals surface area contributed by atoms with Crippen LogP contribution >= 0.6 is 0 Å².